The minimum Gasteiger partial charge on any atom is -0.361 e. The van der Waals surface area contributed by atoms with Crippen molar-refractivity contribution in [1.82, 2.24) is 15.4 Å². The van der Waals surface area contributed by atoms with Crippen LogP contribution in [0.4, 0.5) is 4.39 Å². The first-order chi connectivity index (χ1) is 12.4. The molecule has 1 saturated heterocycles. The Morgan fingerprint density at radius 2 is 2.12 bits per heavy atom. The van der Waals surface area contributed by atoms with Crippen LogP contribution in [0, 0.1) is 25.6 Å². The van der Waals surface area contributed by atoms with Crippen molar-refractivity contribution in [1.29, 1.82) is 0 Å². The van der Waals surface area contributed by atoms with Crippen molar-refractivity contribution in [3.63, 3.8) is 0 Å². The van der Waals surface area contributed by atoms with Crippen molar-refractivity contribution in [2.75, 3.05) is 19.6 Å². The van der Waals surface area contributed by atoms with E-state index in [2.05, 4.69) is 15.4 Å². The Labute approximate surface area is 157 Å². The highest BCUT2D eigenvalue weighted by atomic mass is 35.5. The topological polar surface area (TPSA) is 58.4 Å². The number of piperidine rings is 1. The number of amides is 1. The lowest BCUT2D eigenvalue weighted by molar-refractivity contribution is 0.0931. The lowest BCUT2D eigenvalue weighted by Crippen LogP contribution is -2.38. The van der Waals surface area contributed by atoms with Gasteiger partial charge in [-0.1, -0.05) is 16.8 Å². The molecule has 0 unspecified atom stereocenters. The molecule has 0 spiro atoms. The van der Waals surface area contributed by atoms with Crippen LogP contribution >= 0.6 is 11.6 Å². The first-order valence-electron chi connectivity index (χ1n) is 8.81. The van der Waals surface area contributed by atoms with Gasteiger partial charge in [0.15, 0.2) is 0 Å². The van der Waals surface area contributed by atoms with E-state index in [-0.39, 0.29) is 10.6 Å². The highest BCUT2D eigenvalue weighted by Gasteiger charge is 2.22. The lowest BCUT2D eigenvalue weighted by atomic mass is 9.96. The average molecular weight is 380 g/mol. The van der Waals surface area contributed by atoms with Gasteiger partial charge >= 0.3 is 0 Å². The second-order valence-electron chi connectivity index (χ2n) is 6.86. The molecule has 26 heavy (non-hydrogen) atoms. The third-order valence-corrected chi connectivity index (χ3v) is 5.23. The van der Waals surface area contributed by atoms with Gasteiger partial charge in [-0.25, -0.2) is 4.39 Å². The molecule has 3 rings (SSSR count). The van der Waals surface area contributed by atoms with Crippen molar-refractivity contribution < 1.29 is 13.7 Å². The van der Waals surface area contributed by atoms with Crippen molar-refractivity contribution in [3.05, 3.63) is 51.6 Å². The van der Waals surface area contributed by atoms with Crippen LogP contribution in [0.1, 0.15) is 40.2 Å². The van der Waals surface area contributed by atoms with Crippen LogP contribution in [0.3, 0.4) is 0 Å². The molecule has 0 radical (unpaired) electrons. The van der Waals surface area contributed by atoms with Crippen LogP contribution in [0.2, 0.25) is 5.02 Å². The molecule has 1 aromatic carbocycles. The molecular weight excluding hydrogens is 357 g/mol. The average Bonchev–Trinajstić information content (AvgIpc) is 2.93. The number of aryl methyl sites for hydroxylation is 2. The number of nitrogens with zero attached hydrogens (tertiary/aromatic N) is 2. The molecule has 1 fully saturated rings. The maximum Gasteiger partial charge on any atom is 0.254 e. The molecule has 1 aromatic heterocycles. The van der Waals surface area contributed by atoms with Crippen LogP contribution in [-0.4, -0.2) is 35.6 Å². The van der Waals surface area contributed by atoms with E-state index in [1.807, 2.05) is 13.8 Å². The molecule has 0 aliphatic carbocycles. The van der Waals surface area contributed by atoms with E-state index in [9.17, 15) is 9.18 Å². The number of likely N-dealkylation sites (tertiary alicyclic amines) is 1. The zero-order chi connectivity index (χ0) is 18.7. The van der Waals surface area contributed by atoms with Gasteiger partial charge in [0.25, 0.3) is 5.91 Å². The lowest BCUT2D eigenvalue weighted by Gasteiger charge is -2.31. The minimum absolute atomic E-state index is 0.0326. The van der Waals surface area contributed by atoms with Crippen LogP contribution in [-0.2, 0) is 6.54 Å². The predicted octanol–water partition coefficient (Wildman–Crippen LogP) is 3.73. The molecule has 0 bridgehead atoms. The predicted molar refractivity (Wildman–Crippen MR) is 97.7 cm³/mol. The number of benzene rings is 1. The van der Waals surface area contributed by atoms with E-state index in [1.165, 1.54) is 12.1 Å². The summed E-state index contributed by atoms with van der Waals surface area (Å²) in [5.74, 6) is 0.290. The smallest absolute Gasteiger partial charge is 0.254 e. The highest BCUT2D eigenvalue weighted by Crippen LogP contribution is 2.21. The summed E-state index contributed by atoms with van der Waals surface area (Å²) in [6, 6.07) is 4.09. The summed E-state index contributed by atoms with van der Waals surface area (Å²) in [6.07, 6.45) is 1.99. The number of carbonyl (C=O) groups is 1. The number of hydrogen-bond acceptors (Lipinski definition) is 4. The van der Waals surface area contributed by atoms with Gasteiger partial charge in [-0.3, -0.25) is 9.69 Å². The largest absolute Gasteiger partial charge is 0.361 e. The number of hydrogen-bond donors (Lipinski definition) is 1. The van der Waals surface area contributed by atoms with Gasteiger partial charge in [0.1, 0.15) is 11.6 Å². The first-order valence-corrected chi connectivity index (χ1v) is 9.19. The van der Waals surface area contributed by atoms with E-state index in [0.717, 1.165) is 55.6 Å². The Morgan fingerprint density at radius 1 is 1.38 bits per heavy atom. The van der Waals surface area contributed by atoms with Gasteiger partial charge in [0.2, 0.25) is 0 Å². The second kappa shape index (κ2) is 8.18. The number of rotatable bonds is 5. The zero-order valence-corrected chi connectivity index (χ0v) is 15.8. The van der Waals surface area contributed by atoms with Crippen LogP contribution < -0.4 is 5.32 Å². The molecule has 1 aliphatic heterocycles. The van der Waals surface area contributed by atoms with Crippen LogP contribution in [0.5, 0.6) is 0 Å². The van der Waals surface area contributed by atoms with Crippen molar-refractivity contribution in [2.24, 2.45) is 5.92 Å². The van der Waals surface area contributed by atoms with Gasteiger partial charge in [-0.15, -0.1) is 0 Å². The Hall–Kier alpha value is -1.92. The monoisotopic (exact) mass is 379 g/mol. The number of halogens is 2. The summed E-state index contributed by atoms with van der Waals surface area (Å²) in [5.41, 5.74) is 2.14. The molecule has 0 saturated carbocycles. The van der Waals surface area contributed by atoms with E-state index in [4.69, 9.17) is 16.1 Å². The maximum atomic E-state index is 13.8. The molecule has 5 nitrogen and oxygen atoms in total. The Bertz CT molecular complexity index is 766. The normalized spacial score (nSPS) is 16.0. The summed E-state index contributed by atoms with van der Waals surface area (Å²) in [7, 11) is 0. The molecule has 1 aliphatic rings. The SMILES string of the molecule is Cc1noc(C)c1CN1CCC(CNC(=O)c2ccc(Cl)cc2F)CC1. The van der Waals surface area contributed by atoms with Crippen molar-refractivity contribution >= 4 is 17.5 Å². The van der Waals surface area contributed by atoms with E-state index < -0.39 is 11.7 Å². The van der Waals surface area contributed by atoms with Crippen LogP contribution in [0.15, 0.2) is 22.7 Å². The Balaban J connectivity index is 1.46. The maximum absolute atomic E-state index is 13.8. The van der Waals surface area contributed by atoms with E-state index in [0.29, 0.717) is 12.5 Å². The molecule has 140 valence electrons. The number of carbonyl (C=O) groups excluding carboxylic acids is 1. The third-order valence-electron chi connectivity index (χ3n) is 5.00. The second-order valence-corrected chi connectivity index (χ2v) is 7.29. The molecule has 1 amide bonds. The Kier molecular flexibility index (Phi) is 5.94. The quantitative estimate of drug-likeness (QED) is 0.860. The standard InChI is InChI=1S/C19H23ClFN3O2/c1-12-17(13(2)26-23-12)11-24-7-5-14(6-8-24)10-22-19(25)16-4-3-15(20)9-18(16)21/h3-4,9,14H,5-8,10-11H2,1-2H3,(H,22,25). The molecular formula is C19H23ClFN3O2. The molecule has 2 aromatic rings. The van der Waals surface area contributed by atoms with Gasteiger partial charge in [0, 0.05) is 23.7 Å². The van der Waals surface area contributed by atoms with E-state index in [1.54, 1.807) is 0 Å². The molecule has 0 atom stereocenters. The third kappa shape index (κ3) is 4.43. The number of aromatic nitrogens is 1. The molecule has 2 heterocycles. The molecule has 1 N–H and O–H groups in total. The van der Waals surface area contributed by atoms with E-state index >= 15 is 0 Å². The summed E-state index contributed by atoms with van der Waals surface area (Å²) in [6.45, 7) is 7.22. The highest BCUT2D eigenvalue weighted by molar-refractivity contribution is 6.30. The first kappa shape index (κ1) is 18.9. The van der Waals surface area contributed by atoms with Crippen molar-refractivity contribution in [2.45, 2.75) is 33.2 Å². The van der Waals surface area contributed by atoms with Crippen LogP contribution in [0.25, 0.3) is 0 Å². The minimum atomic E-state index is -0.593. The van der Waals surface area contributed by atoms with Crippen molar-refractivity contribution in [3.8, 4) is 0 Å². The zero-order valence-electron chi connectivity index (χ0n) is 15.0. The fraction of sp³-hybridized carbons (Fsp3) is 0.474. The van der Waals surface area contributed by atoms with Gasteiger partial charge in [-0.2, -0.15) is 0 Å². The molecule has 7 heteroatoms. The fourth-order valence-electron chi connectivity index (χ4n) is 3.31. The summed E-state index contributed by atoms with van der Waals surface area (Å²) < 4.78 is 19.0. The number of nitrogens with one attached hydrogen (secondary N) is 1. The Morgan fingerprint density at radius 3 is 2.73 bits per heavy atom. The summed E-state index contributed by atoms with van der Waals surface area (Å²) >= 11 is 5.72. The summed E-state index contributed by atoms with van der Waals surface area (Å²) in [4.78, 5) is 14.5. The fourth-order valence-corrected chi connectivity index (χ4v) is 3.46. The summed E-state index contributed by atoms with van der Waals surface area (Å²) in [5, 5.41) is 7.12. The van der Waals surface area contributed by atoms with Gasteiger partial charge < -0.3 is 9.84 Å². The van der Waals surface area contributed by atoms with Gasteiger partial charge in [0.05, 0.1) is 11.3 Å². The van der Waals surface area contributed by atoms with Gasteiger partial charge in [-0.05, 0) is 63.9 Å².